The van der Waals surface area contributed by atoms with E-state index in [1.54, 1.807) is 6.20 Å². The molecule has 1 aliphatic heterocycles. The van der Waals surface area contributed by atoms with E-state index < -0.39 is 0 Å². The highest BCUT2D eigenvalue weighted by molar-refractivity contribution is 5.52. The monoisotopic (exact) mass is 362 g/mol. The quantitative estimate of drug-likeness (QED) is 0.641. The fourth-order valence-corrected chi connectivity index (χ4v) is 3.84. The van der Waals surface area contributed by atoms with Crippen molar-refractivity contribution in [2.24, 2.45) is 5.92 Å². The van der Waals surface area contributed by atoms with E-state index in [1.807, 2.05) is 24.3 Å². The lowest BCUT2D eigenvalue weighted by molar-refractivity contribution is 0.231. The molecule has 1 aliphatic rings. The van der Waals surface area contributed by atoms with Gasteiger partial charge in [0.2, 0.25) is 0 Å². The van der Waals surface area contributed by atoms with Crippen LogP contribution >= 0.6 is 0 Å². The predicted molar refractivity (Wildman–Crippen MR) is 106 cm³/mol. The van der Waals surface area contributed by atoms with Crippen molar-refractivity contribution in [3.63, 3.8) is 0 Å². The molecule has 0 unspecified atom stereocenters. The lowest BCUT2D eigenvalue weighted by Crippen LogP contribution is -2.27. The summed E-state index contributed by atoms with van der Waals surface area (Å²) < 4.78 is 5.51. The Kier molecular flexibility index (Phi) is 5.61. The summed E-state index contributed by atoms with van der Waals surface area (Å²) in [6.45, 7) is 5.24. The normalized spacial score (nSPS) is 17.6. The molecule has 1 atom stereocenters. The van der Waals surface area contributed by atoms with Crippen LogP contribution in [-0.2, 0) is 13.1 Å². The first kappa shape index (κ1) is 17.9. The number of hydrogen-bond donors (Lipinski definition) is 0. The summed E-state index contributed by atoms with van der Waals surface area (Å²) in [6, 6.07) is 18.5. The summed E-state index contributed by atoms with van der Waals surface area (Å²) >= 11 is 0. The molecule has 0 aliphatic carbocycles. The van der Waals surface area contributed by atoms with E-state index in [-0.39, 0.29) is 0 Å². The van der Waals surface area contributed by atoms with Gasteiger partial charge in [-0.05, 0) is 43.6 Å². The molecule has 5 heteroatoms. The maximum atomic E-state index is 5.51. The molecular weight excluding hydrogens is 336 g/mol. The first-order chi connectivity index (χ1) is 13.3. The van der Waals surface area contributed by atoms with E-state index in [1.165, 1.54) is 18.5 Å². The van der Waals surface area contributed by atoms with Crippen molar-refractivity contribution in [1.82, 2.24) is 19.9 Å². The molecule has 4 rings (SSSR count). The summed E-state index contributed by atoms with van der Waals surface area (Å²) in [5.74, 6) is 1.59. The highest BCUT2D eigenvalue weighted by Crippen LogP contribution is 2.21. The molecule has 5 nitrogen and oxygen atoms in total. The molecule has 0 bridgehead atoms. The van der Waals surface area contributed by atoms with Crippen molar-refractivity contribution in [2.45, 2.75) is 19.5 Å². The molecule has 140 valence electrons. The third-order valence-electron chi connectivity index (χ3n) is 5.10. The number of benzene rings is 1. The fraction of sp³-hybridized carbons (Fsp3) is 0.364. The summed E-state index contributed by atoms with van der Waals surface area (Å²) in [7, 11) is 2.16. The van der Waals surface area contributed by atoms with Crippen molar-refractivity contribution in [3.05, 3.63) is 72.1 Å². The van der Waals surface area contributed by atoms with E-state index in [0.717, 1.165) is 43.3 Å². The van der Waals surface area contributed by atoms with Crippen molar-refractivity contribution in [2.75, 3.05) is 26.7 Å². The van der Waals surface area contributed by atoms with Crippen LogP contribution in [-0.4, -0.2) is 46.6 Å². The van der Waals surface area contributed by atoms with Gasteiger partial charge >= 0.3 is 0 Å². The standard InChI is InChI=1S/C22H26N4O/c1-25(17-20-13-22(24-27-20)21-9-5-6-11-23-21)14-19-10-12-26(16-19)15-18-7-3-2-4-8-18/h2-9,11,13,19H,10,12,14-17H2,1H3/t19-/m0/s1. The van der Waals surface area contributed by atoms with E-state index in [0.29, 0.717) is 5.92 Å². The van der Waals surface area contributed by atoms with Gasteiger partial charge in [0.15, 0.2) is 5.76 Å². The third kappa shape index (κ3) is 4.81. The number of hydrogen-bond acceptors (Lipinski definition) is 5. The van der Waals surface area contributed by atoms with Gasteiger partial charge in [-0.15, -0.1) is 0 Å². The minimum Gasteiger partial charge on any atom is -0.359 e. The van der Waals surface area contributed by atoms with Crippen molar-refractivity contribution >= 4 is 0 Å². The maximum absolute atomic E-state index is 5.51. The largest absolute Gasteiger partial charge is 0.359 e. The van der Waals surface area contributed by atoms with E-state index in [2.05, 4.69) is 57.3 Å². The number of nitrogens with zero attached hydrogens (tertiary/aromatic N) is 4. The Bertz CT molecular complexity index is 834. The molecule has 1 fully saturated rings. The Morgan fingerprint density at radius 2 is 1.96 bits per heavy atom. The Hall–Kier alpha value is -2.50. The van der Waals surface area contributed by atoms with Crippen molar-refractivity contribution in [3.8, 4) is 11.4 Å². The van der Waals surface area contributed by atoms with Crippen LogP contribution < -0.4 is 0 Å². The highest BCUT2D eigenvalue weighted by atomic mass is 16.5. The van der Waals surface area contributed by atoms with Gasteiger partial charge < -0.3 is 4.52 Å². The van der Waals surface area contributed by atoms with Gasteiger partial charge in [-0.3, -0.25) is 14.8 Å². The van der Waals surface area contributed by atoms with E-state index in [4.69, 9.17) is 4.52 Å². The zero-order chi connectivity index (χ0) is 18.5. The Morgan fingerprint density at radius 3 is 2.78 bits per heavy atom. The lowest BCUT2D eigenvalue weighted by Gasteiger charge is -2.20. The SMILES string of the molecule is CN(Cc1cc(-c2ccccn2)no1)C[C@@H]1CCN(Cc2ccccc2)C1. The molecule has 0 N–H and O–H groups in total. The van der Waals surface area contributed by atoms with Crippen LogP contribution in [0.3, 0.4) is 0 Å². The topological polar surface area (TPSA) is 45.4 Å². The van der Waals surface area contributed by atoms with Gasteiger partial charge in [-0.1, -0.05) is 41.6 Å². The van der Waals surface area contributed by atoms with Crippen LogP contribution in [0.25, 0.3) is 11.4 Å². The molecule has 0 amide bonds. The van der Waals surface area contributed by atoms with Crippen LogP contribution in [0.15, 0.2) is 65.3 Å². The van der Waals surface area contributed by atoms with Gasteiger partial charge in [0.05, 0.1) is 12.2 Å². The van der Waals surface area contributed by atoms with Crippen LogP contribution in [0.5, 0.6) is 0 Å². The minimum atomic E-state index is 0.705. The maximum Gasteiger partial charge on any atom is 0.151 e. The second-order valence-electron chi connectivity index (χ2n) is 7.47. The molecule has 1 saturated heterocycles. The summed E-state index contributed by atoms with van der Waals surface area (Å²) in [5, 5.41) is 4.16. The number of pyridine rings is 1. The minimum absolute atomic E-state index is 0.705. The van der Waals surface area contributed by atoms with Crippen molar-refractivity contribution < 1.29 is 4.52 Å². The highest BCUT2D eigenvalue weighted by Gasteiger charge is 2.24. The third-order valence-corrected chi connectivity index (χ3v) is 5.10. The Morgan fingerprint density at radius 1 is 1.11 bits per heavy atom. The van der Waals surface area contributed by atoms with Crippen LogP contribution in [0.1, 0.15) is 17.7 Å². The van der Waals surface area contributed by atoms with E-state index in [9.17, 15) is 0 Å². The molecular formula is C22H26N4O. The average molecular weight is 362 g/mol. The molecule has 1 aromatic carbocycles. The number of aromatic nitrogens is 2. The molecule has 2 aromatic heterocycles. The van der Waals surface area contributed by atoms with Crippen molar-refractivity contribution in [1.29, 1.82) is 0 Å². The second kappa shape index (κ2) is 8.46. The summed E-state index contributed by atoms with van der Waals surface area (Å²) in [5.41, 5.74) is 3.05. The second-order valence-corrected chi connectivity index (χ2v) is 7.47. The summed E-state index contributed by atoms with van der Waals surface area (Å²) in [6.07, 6.45) is 3.03. The first-order valence-electron chi connectivity index (χ1n) is 9.58. The first-order valence-corrected chi connectivity index (χ1v) is 9.58. The van der Waals surface area contributed by atoms with Crippen LogP contribution in [0.4, 0.5) is 0 Å². The zero-order valence-electron chi connectivity index (χ0n) is 15.8. The molecule has 3 aromatic rings. The Labute approximate surface area is 160 Å². The fourth-order valence-electron chi connectivity index (χ4n) is 3.84. The average Bonchev–Trinajstić information content (AvgIpc) is 3.33. The van der Waals surface area contributed by atoms with Crippen LogP contribution in [0.2, 0.25) is 0 Å². The van der Waals surface area contributed by atoms with Gasteiger partial charge in [-0.25, -0.2) is 0 Å². The number of likely N-dealkylation sites (tertiary alicyclic amines) is 1. The molecule has 0 spiro atoms. The smallest absolute Gasteiger partial charge is 0.151 e. The molecule has 0 saturated carbocycles. The zero-order valence-corrected chi connectivity index (χ0v) is 15.8. The van der Waals surface area contributed by atoms with Gasteiger partial charge in [0.1, 0.15) is 5.69 Å². The molecule has 0 radical (unpaired) electrons. The van der Waals surface area contributed by atoms with E-state index >= 15 is 0 Å². The number of rotatable bonds is 7. The molecule has 27 heavy (non-hydrogen) atoms. The van der Waals surface area contributed by atoms with Gasteiger partial charge in [0.25, 0.3) is 0 Å². The van der Waals surface area contributed by atoms with Gasteiger partial charge in [-0.2, -0.15) is 0 Å². The lowest BCUT2D eigenvalue weighted by atomic mass is 10.1. The Balaban J connectivity index is 1.26. The predicted octanol–water partition coefficient (Wildman–Crippen LogP) is 3.69. The molecule has 3 heterocycles. The van der Waals surface area contributed by atoms with Gasteiger partial charge in [0, 0.05) is 31.9 Å². The summed E-state index contributed by atoms with van der Waals surface area (Å²) in [4.78, 5) is 9.22. The van der Waals surface area contributed by atoms with Crippen LogP contribution in [0, 0.1) is 5.92 Å².